The fourth-order valence-electron chi connectivity index (χ4n) is 2.82. The van der Waals surface area contributed by atoms with Gasteiger partial charge in [0.05, 0.1) is 11.0 Å². The Morgan fingerprint density at radius 1 is 1.41 bits per heavy atom. The van der Waals surface area contributed by atoms with Gasteiger partial charge in [0.1, 0.15) is 0 Å². The smallest absolute Gasteiger partial charge is 0.273 e. The lowest BCUT2D eigenvalue weighted by Crippen LogP contribution is -2.41. The maximum Gasteiger partial charge on any atom is 0.273 e. The molecule has 0 spiro atoms. The van der Waals surface area contributed by atoms with Crippen LogP contribution in [0.5, 0.6) is 0 Å². The highest BCUT2D eigenvalue weighted by Crippen LogP contribution is 2.17. The third kappa shape index (κ3) is 5.05. The summed E-state index contributed by atoms with van der Waals surface area (Å²) < 4.78 is 0. The first-order chi connectivity index (χ1) is 10.6. The normalized spacial score (nSPS) is 18.3. The molecule has 0 aliphatic carbocycles. The van der Waals surface area contributed by atoms with Crippen molar-refractivity contribution in [3.63, 3.8) is 0 Å². The maximum absolute atomic E-state index is 10.9. The summed E-state index contributed by atoms with van der Waals surface area (Å²) in [6.07, 6.45) is 1.93. The Morgan fingerprint density at radius 3 is 2.77 bits per heavy atom. The Labute approximate surface area is 131 Å². The zero-order valence-corrected chi connectivity index (χ0v) is 13.1. The fourth-order valence-corrected chi connectivity index (χ4v) is 2.82. The summed E-state index contributed by atoms with van der Waals surface area (Å²) in [4.78, 5) is 12.8. The molecule has 6 nitrogen and oxygen atoms in total. The molecule has 1 fully saturated rings. The van der Waals surface area contributed by atoms with Gasteiger partial charge in [0.25, 0.3) is 5.69 Å². The molecular formula is C16H25N3O3. The van der Waals surface area contributed by atoms with Crippen LogP contribution in [0.3, 0.4) is 0 Å². The van der Waals surface area contributed by atoms with E-state index >= 15 is 0 Å². The van der Waals surface area contributed by atoms with E-state index in [0.717, 1.165) is 19.0 Å². The van der Waals surface area contributed by atoms with E-state index in [1.54, 1.807) is 18.2 Å². The first-order valence-electron chi connectivity index (χ1n) is 7.89. The second-order valence-electron chi connectivity index (χ2n) is 6.15. The SMILES string of the molecule is CC1CCN(CC(O)CNCc2ccccc2[N+](=O)[O-])CC1. The zero-order chi connectivity index (χ0) is 15.9. The highest BCUT2D eigenvalue weighted by Gasteiger charge is 2.18. The van der Waals surface area contributed by atoms with Crippen LogP contribution in [0.4, 0.5) is 5.69 Å². The van der Waals surface area contributed by atoms with Crippen molar-refractivity contribution < 1.29 is 10.0 Å². The van der Waals surface area contributed by atoms with Gasteiger partial charge in [-0.05, 0) is 31.8 Å². The number of piperidine rings is 1. The number of nitrogens with zero attached hydrogens (tertiary/aromatic N) is 2. The van der Waals surface area contributed by atoms with Crippen LogP contribution in [0.25, 0.3) is 0 Å². The molecule has 22 heavy (non-hydrogen) atoms. The zero-order valence-electron chi connectivity index (χ0n) is 13.1. The molecular weight excluding hydrogens is 282 g/mol. The standard InChI is InChI=1S/C16H25N3O3/c1-13-6-8-18(9-7-13)12-15(20)11-17-10-14-4-2-3-5-16(14)19(21)22/h2-5,13,15,17,20H,6-12H2,1H3. The van der Waals surface area contributed by atoms with Crippen LogP contribution in [0, 0.1) is 16.0 Å². The van der Waals surface area contributed by atoms with Crippen molar-refractivity contribution >= 4 is 5.69 Å². The van der Waals surface area contributed by atoms with Crippen molar-refractivity contribution in [3.8, 4) is 0 Å². The first kappa shape index (κ1) is 16.9. The molecule has 0 radical (unpaired) electrons. The molecule has 1 saturated heterocycles. The van der Waals surface area contributed by atoms with Gasteiger partial charge >= 0.3 is 0 Å². The summed E-state index contributed by atoms with van der Waals surface area (Å²) in [5.41, 5.74) is 0.765. The van der Waals surface area contributed by atoms with Gasteiger partial charge < -0.3 is 15.3 Å². The molecule has 6 heteroatoms. The number of para-hydroxylation sites is 1. The number of rotatable bonds is 7. The fraction of sp³-hybridized carbons (Fsp3) is 0.625. The molecule has 1 atom stereocenters. The molecule has 1 aromatic carbocycles. The van der Waals surface area contributed by atoms with Gasteiger partial charge in [0.15, 0.2) is 0 Å². The Hall–Kier alpha value is -1.50. The molecule has 1 unspecified atom stereocenters. The minimum atomic E-state index is -0.448. The van der Waals surface area contributed by atoms with Gasteiger partial charge in [-0.25, -0.2) is 0 Å². The Morgan fingerprint density at radius 2 is 2.09 bits per heavy atom. The van der Waals surface area contributed by atoms with E-state index in [-0.39, 0.29) is 10.6 Å². The average molecular weight is 307 g/mol. The van der Waals surface area contributed by atoms with Crippen molar-refractivity contribution in [1.82, 2.24) is 10.2 Å². The van der Waals surface area contributed by atoms with Crippen molar-refractivity contribution in [1.29, 1.82) is 0 Å². The van der Waals surface area contributed by atoms with Crippen LogP contribution >= 0.6 is 0 Å². The van der Waals surface area contributed by atoms with E-state index in [1.807, 2.05) is 0 Å². The van der Waals surface area contributed by atoms with Crippen molar-refractivity contribution in [2.24, 2.45) is 5.92 Å². The Balaban J connectivity index is 1.73. The van der Waals surface area contributed by atoms with Crippen molar-refractivity contribution in [2.75, 3.05) is 26.2 Å². The van der Waals surface area contributed by atoms with Crippen LogP contribution in [-0.2, 0) is 6.54 Å². The molecule has 122 valence electrons. The van der Waals surface area contributed by atoms with Crippen LogP contribution in [0.15, 0.2) is 24.3 Å². The van der Waals surface area contributed by atoms with Crippen molar-refractivity contribution in [3.05, 3.63) is 39.9 Å². The number of nitro benzene ring substituents is 1. The Kier molecular flexibility index (Phi) is 6.30. The van der Waals surface area contributed by atoms with Gasteiger partial charge in [0, 0.05) is 31.3 Å². The number of nitrogens with one attached hydrogen (secondary N) is 1. The topological polar surface area (TPSA) is 78.6 Å². The monoisotopic (exact) mass is 307 g/mol. The summed E-state index contributed by atoms with van der Waals surface area (Å²) in [6, 6.07) is 6.69. The van der Waals surface area contributed by atoms with Crippen LogP contribution in [0.1, 0.15) is 25.3 Å². The quantitative estimate of drug-likeness (QED) is 0.593. The van der Waals surface area contributed by atoms with E-state index in [2.05, 4.69) is 17.1 Å². The number of aliphatic hydroxyl groups is 1. The number of aliphatic hydroxyl groups excluding tert-OH is 1. The number of nitro groups is 1. The predicted molar refractivity (Wildman–Crippen MR) is 85.6 cm³/mol. The van der Waals surface area contributed by atoms with E-state index in [4.69, 9.17) is 0 Å². The number of hydrogen-bond donors (Lipinski definition) is 2. The minimum absolute atomic E-state index is 0.120. The molecule has 1 aliphatic heterocycles. The van der Waals surface area contributed by atoms with E-state index < -0.39 is 6.10 Å². The van der Waals surface area contributed by atoms with Gasteiger partial charge in [-0.3, -0.25) is 10.1 Å². The van der Waals surface area contributed by atoms with Crippen molar-refractivity contribution in [2.45, 2.75) is 32.4 Å². The molecule has 1 aromatic rings. The molecule has 0 bridgehead atoms. The predicted octanol–water partition coefficient (Wildman–Crippen LogP) is 1.78. The van der Waals surface area contributed by atoms with Gasteiger partial charge in [-0.1, -0.05) is 25.1 Å². The number of benzene rings is 1. The molecule has 2 N–H and O–H groups in total. The number of likely N-dealkylation sites (tertiary alicyclic amines) is 1. The summed E-state index contributed by atoms with van der Waals surface area (Å²) in [5, 5.41) is 24.1. The second-order valence-corrected chi connectivity index (χ2v) is 6.15. The van der Waals surface area contributed by atoms with Gasteiger partial charge in [-0.2, -0.15) is 0 Å². The van der Waals surface area contributed by atoms with Crippen LogP contribution in [-0.4, -0.2) is 47.2 Å². The summed E-state index contributed by atoms with van der Waals surface area (Å²) >= 11 is 0. The third-order valence-corrected chi connectivity index (χ3v) is 4.23. The molecule has 0 saturated carbocycles. The molecule has 1 aliphatic rings. The highest BCUT2D eigenvalue weighted by molar-refractivity contribution is 5.39. The maximum atomic E-state index is 10.9. The Bertz CT molecular complexity index is 487. The average Bonchev–Trinajstić information content (AvgIpc) is 2.50. The molecule has 0 amide bonds. The van der Waals surface area contributed by atoms with Gasteiger partial charge in [-0.15, -0.1) is 0 Å². The summed E-state index contributed by atoms with van der Waals surface area (Å²) in [5.74, 6) is 0.783. The lowest BCUT2D eigenvalue weighted by molar-refractivity contribution is -0.385. The van der Waals surface area contributed by atoms with E-state index in [1.165, 1.54) is 18.9 Å². The first-order valence-corrected chi connectivity index (χ1v) is 7.89. The van der Waals surface area contributed by atoms with E-state index in [0.29, 0.717) is 25.2 Å². The summed E-state index contributed by atoms with van der Waals surface area (Å²) in [6.45, 7) is 5.85. The lowest BCUT2D eigenvalue weighted by Gasteiger charge is -2.31. The number of hydrogen-bond acceptors (Lipinski definition) is 5. The van der Waals surface area contributed by atoms with Crippen LogP contribution < -0.4 is 5.32 Å². The minimum Gasteiger partial charge on any atom is -0.390 e. The third-order valence-electron chi connectivity index (χ3n) is 4.23. The summed E-state index contributed by atoms with van der Waals surface area (Å²) in [7, 11) is 0. The molecule has 2 rings (SSSR count). The van der Waals surface area contributed by atoms with E-state index in [9.17, 15) is 15.2 Å². The lowest BCUT2D eigenvalue weighted by atomic mass is 9.99. The number of β-amino-alcohol motifs (C(OH)–C–C–N with tert-alkyl or cyclic N) is 1. The molecule has 0 aromatic heterocycles. The molecule has 1 heterocycles. The van der Waals surface area contributed by atoms with Gasteiger partial charge in [0.2, 0.25) is 0 Å². The second kappa shape index (κ2) is 8.22. The van der Waals surface area contributed by atoms with Crippen LogP contribution in [0.2, 0.25) is 0 Å². The highest BCUT2D eigenvalue weighted by atomic mass is 16.6. The largest absolute Gasteiger partial charge is 0.390 e.